The zero-order valence-electron chi connectivity index (χ0n) is 10.2. The summed E-state index contributed by atoms with van der Waals surface area (Å²) in [5.41, 5.74) is 7.33. The number of nitrogens with zero attached hydrogens (tertiary/aromatic N) is 4. The average Bonchev–Trinajstić information content (AvgIpc) is 2.87. The molecule has 1 heterocycles. The summed E-state index contributed by atoms with van der Waals surface area (Å²) in [5, 5.41) is 12.1. The van der Waals surface area contributed by atoms with E-state index in [9.17, 15) is 4.39 Å². The van der Waals surface area contributed by atoms with Crippen molar-refractivity contribution in [2.45, 2.75) is 0 Å². The molecule has 3 aromatic rings. The number of benzene rings is 2. The van der Waals surface area contributed by atoms with E-state index in [0.717, 1.165) is 0 Å². The third kappa shape index (κ3) is 2.21. The van der Waals surface area contributed by atoms with Crippen molar-refractivity contribution >= 4 is 17.3 Å². The molecule has 0 aliphatic carbocycles. The minimum atomic E-state index is -0.409. The van der Waals surface area contributed by atoms with Crippen molar-refractivity contribution in [2.75, 3.05) is 5.73 Å². The minimum absolute atomic E-state index is 0.267. The first-order chi connectivity index (χ1) is 9.65. The number of anilines is 1. The van der Waals surface area contributed by atoms with Crippen LogP contribution >= 0.6 is 11.6 Å². The molecule has 3 rings (SSSR count). The van der Waals surface area contributed by atoms with Gasteiger partial charge in [-0.15, -0.1) is 5.10 Å². The summed E-state index contributed by atoms with van der Waals surface area (Å²) in [7, 11) is 0. The van der Waals surface area contributed by atoms with Crippen LogP contribution in [0.3, 0.4) is 0 Å². The van der Waals surface area contributed by atoms with Gasteiger partial charge in [0.2, 0.25) is 0 Å². The summed E-state index contributed by atoms with van der Waals surface area (Å²) in [5.74, 6) is 0.0118. The summed E-state index contributed by atoms with van der Waals surface area (Å²) >= 11 is 5.96. The van der Waals surface area contributed by atoms with Crippen molar-refractivity contribution in [3.05, 3.63) is 53.3 Å². The van der Waals surface area contributed by atoms with Gasteiger partial charge in [-0.05, 0) is 46.8 Å². The van der Waals surface area contributed by atoms with Crippen LogP contribution in [0.5, 0.6) is 0 Å². The van der Waals surface area contributed by atoms with Gasteiger partial charge in [0.25, 0.3) is 0 Å². The fourth-order valence-corrected chi connectivity index (χ4v) is 2.06. The van der Waals surface area contributed by atoms with Crippen LogP contribution in [0.4, 0.5) is 10.1 Å². The maximum Gasteiger partial charge on any atom is 0.189 e. The highest BCUT2D eigenvalue weighted by Crippen LogP contribution is 2.26. The van der Waals surface area contributed by atoms with Gasteiger partial charge in [0.05, 0.1) is 5.69 Å². The highest BCUT2D eigenvalue weighted by molar-refractivity contribution is 6.30. The van der Waals surface area contributed by atoms with Gasteiger partial charge in [0.1, 0.15) is 5.82 Å². The van der Waals surface area contributed by atoms with Gasteiger partial charge in [0.15, 0.2) is 5.82 Å². The predicted molar refractivity (Wildman–Crippen MR) is 74.0 cm³/mol. The summed E-state index contributed by atoms with van der Waals surface area (Å²) in [6.45, 7) is 0. The summed E-state index contributed by atoms with van der Waals surface area (Å²) < 4.78 is 14.6. The van der Waals surface area contributed by atoms with Crippen molar-refractivity contribution in [2.24, 2.45) is 0 Å². The molecular formula is C13H9ClFN5. The molecule has 0 amide bonds. The molecule has 0 saturated carbocycles. The lowest BCUT2D eigenvalue weighted by Gasteiger charge is -2.07. The molecule has 5 nitrogen and oxygen atoms in total. The second-order valence-corrected chi connectivity index (χ2v) is 4.56. The molecule has 0 aliphatic rings. The first kappa shape index (κ1) is 12.6. The lowest BCUT2D eigenvalue weighted by Crippen LogP contribution is -2.02. The third-order valence-electron chi connectivity index (χ3n) is 2.78. The molecule has 0 unspecified atom stereocenters. The number of hydrogen-bond acceptors (Lipinski definition) is 4. The summed E-state index contributed by atoms with van der Waals surface area (Å²) in [6.07, 6.45) is 0. The third-order valence-corrected chi connectivity index (χ3v) is 3.01. The molecule has 0 saturated heterocycles. The van der Waals surface area contributed by atoms with Crippen molar-refractivity contribution in [1.29, 1.82) is 0 Å². The second-order valence-electron chi connectivity index (χ2n) is 4.13. The quantitative estimate of drug-likeness (QED) is 0.736. The second kappa shape index (κ2) is 4.90. The Balaban J connectivity index is 2.15. The summed E-state index contributed by atoms with van der Waals surface area (Å²) in [6, 6.07) is 11.2. The van der Waals surface area contributed by atoms with Crippen LogP contribution in [0.2, 0.25) is 5.02 Å². The van der Waals surface area contributed by atoms with E-state index < -0.39 is 5.82 Å². The molecule has 2 aromatic carbocycles. The average molecular weight is 290 g/mol. The number of rotatable bonds is 2. The highest BCUT2D eigenvalue weighted by Gasteiger charge is 2.14. The Morgan fingerprint density at radius 3 is 2.75 bits per heavy atom. The number of hydrogen-bond donors (Lipinski definition) is 1. The van der Waals surface area contributed by atoms with Crippen LogP contribution in [0.1, 0.15) is 0 Å². The summed E-state index contributed by atoms with van der Waals surface area (Å²) in [4.78, 5) is 0. The topological polar surface area (TPSA) is 69.6 Å². The van der Waals surface area contributed by atoms with E-state index in [1.807, 2.05) is 6.07 Å². The van der Waals surface area contributed by atoms with Crippen LogP contribution in [-0.4, -0.2) is 20.2 Å². The van der Waals surface area contributed by atoms with E-state index in [1.165, 1.54) is 22.9 Å². The lowest BCUT2D eigenvalue weighted by molar-refractivity contribution is 0.628. The smallest absolute Gasteiger partial charge is 0.189 e. The normalized spacial score (nSPS) is 10.7. The Morgan fingerprint density at radius 2 is 2.00 bits per heavy atom. The van der Waals surface area contributed by atoms with Gasteiger partial charge < -0.3 is 5.73 Å². The van der Waals surface area contributed by atoms with E-state index >= 15 is 0 Å². The van der Waals surface area contributed by atoms with E-state index in [2.05, 4.69) is 15.5 Å². The molecule has 20 heavy (non-hydrogen) atoms. The fraction of sp³-hybridized carbons (Fsp3) is 0. The number of halogens is 2. The van der Waals surface area contributed by atoms with E-state index in [0.29, 0.717) is 22.1 Å². The Bertz CT molecular complexity index is 771. The molecule has 0 fully saturated rings. The number of nitrogen functional groups attached to an aromatic ring is 1. The fourth-order valence-electron chi connectivity index (χ4n) is 1.87. The van der Waals surface area contributed by atoms with Crippen molar-refractivity contribution in [1.82, 2.24) is 20.2 Å². The van der Waals surface area contributed by atoms with Crippen LogP contribution in [-0.2, 0) is 0 Å². The SMILES string of the molecule is Nc1cc(F)ccc1-c1nnnn1-c1cccc(Cl)c1. The number of aromatic nitrogens is 4. The van der Waals surface area contributed by atoms with Crippen LogP contribution in [0, 0.1) is 5.82 Å². The predicted octanol–water partition coefficient (Wildman–Crippen LogP) is 2.70. The van der Waals surface area contributed by atoms with Gasteiger partial charge in [-0.3, -0.25) is 0 Å². The maximum absolute atomic E-state index is 13.1. The van der Waals surface area contributed by atoms with Gasteiger partial charge in [-0.1, -0.05) is 17.7 Å². The Hall–Kier alpha value is -2.47. The van der Waals surface area contributed by atoms with Crippen molar-refractivity contribution < 1.29 is 4.39 Å². The molecule has 0 atom stereocenters. The van der Waals surface area contributed by atoms with E-state index in [-0.39, 0.29) is 5.69 Å². The number of tetrazole rings is 1. The molecule has 100 valence electrons. The monoisotopic (exact) mass is 289 g/mol. The largest absolute Gasteiger partial charge is 0.398 e. The van der Waals surface area contributed by atoms with Crippen LogP contribution in [0.25, 0.3) is 17.1 Å². The van der Waals surface area contributed by atoms with Crippen LogP contribution < -0.4 is 5.73 Å². The molecule has 0 aliphatic heterocycles. The van der Waals surface area contributed by atoms with Crippen molar-refractivity contribution in [3.63, 3.8) is 0 Å². The molecule has 0 bridgehead atoms. The number of nitrogens with two attached hydrogens (primary N) is 1. The zero-order chi connectivity index (χ0) is 14.1. The lowest BCUT2D eigenvalue weighted by atomic mass is 10.1. The first-order valence-corrected chi connectivity index (χ1v) is 6.12. The first-order valence-electron chi connectivity index (χ1n) is 5.75. The van der Waals surface area contributed by atoms with E-state index in [4.69, 9.17) is 17.3 Å². The zero-order valence-corrected chi connectivity index (χ0v) is 10.9. The molecule has 0 radical (unpaired) electrons. The maximum atomic E-state index is 13.1. The van der Waals surface area contributed by atoms with Crippen molar-refractivity contribution in [3.8, 4) is 17.1 Å². The Labute approximate surface area is 118 Å². The molecular weight excluding hydrogens is 281 g/mol. The Kier molecular flexibility index (Phi) is 3.08. The Morgan fingerprint density at radius 1 is 1.15 bits per heavy atom. The standard InChI is InChI=1S/C13H9ClFN5/c14-8-2-1-3-10(6-8)20-13(17-18-19-20)11-5-4-9(15)7-12(11)16/h1-7H,16H2. The minimum Gasteiger partial charge on any atom is -0.398 e. The van der Waals surface area contributed by atoms with E-state index in [1.54, 1.807) is 18.2 Å². The van der Waals surface area contributed by atoms with Gasteiger partial charge in [0, 0.05) is 16.3 Å². The molecule has 1 aromatic heterocycles. The molecule has 7 heteroatoms. The molecule has 2 N–H and O–H groups in total. The molecule has 0 spiro atoms. The highest BCUT2D eigenvalue weighted by atomic mass is 35.5. The van der Waals surface area contributed by atoms with Gasteiger partial charge >= 0.3 is 0 Å². The van der Waals surface area contributed by atoms with Gasteiger partial charge in [-0.2, -0.15) is 4.68 Å². The van der Waals surface area contributed by atoms with Gasteiger partial charge in [-0.25, -0.2) is 4.39 Å². The van der Waals surface area contributed by atoms with Crippen LogP contribution in [0.15, 0.2) is 42.5 Å².